The highest BCUT2D eigenvalue weighted by Crippen LogP contribution is 2.33. The van der Waals surface area contributed by atoms with Crippen molar-refractivity contribution in [2.75, 3.05) is 0 Å². The van der Waals surface area contributed by atoms with Gasteiger partial charge >= 0.3 is 0 Å². The van der Waals surface area contributed by atoms with Crippen molar-refractivity contribution < 1.29 is 4.74 Å². The standard InChI is InChI=1S/C13H15ClN2OS/c14-12-6-7-13(18-12)17-11-8-15-16(9-11)10-4-2-1-3-5-10/h6-10H,1-5H2. The average molecular weight is 283 g/mol. The Morgan fingerprint density at radius 2 is 2.11 bits per heavy atom. The zero-order valence-corrected chi connectivity index (χ0v) is 11.6. The van der Waals surface area contributed by atoms with Gasteiger partial charge in [0.2, 0.25) is 0 Å². The maximum absolute atomic E-state index is 5.87. The van der Waals surface area contributed by atoms with Crippen LogP contribution in [0.4, 0.5) is 0 Å². The minimum atomic E-state index is 0.544. The summed E-state index contributed by atoms with van der Waals surface area (Å²) in [6.45, 7) is 0. The maximum Gasteiger partial charge on any atom is 0.182 e. The van der Waals surface area contributed by atoms with Gasteiger partial charge in [0, 0.05) is 0 Å². The SMILES string of the molecule is Clc1ccc(Oc2cnn(C3CCCCC3)c2)s1. The lowest BCUT2D eigenvalue weighted by Gasteiger charge is -2.21. The average Bonchev–Trinajstić information content (AvgIpc) is 3.01. The van der Waals surface area contributed by atoms with E-state index in [2.05, 4.69) is 5.10 Å². The van der Waals surface area contributed by atoms with E-state index in [4.69, 9.17) is 16.3 Å². The Labute approximate surface area is 115 Å². The Bertz CT molecular complexity index is 517. The molecule has 0 atom stereocenters. The van der Waals surface area contributed by atoms with Crippen LogP contribution >= 0.6 is 22.9 Å². The van der Waals surface area contributed by atoms with Crippen molar-refractivity contribution in [2.24, 2.45) is 0 Å². The quantitative estimate of drug-likeness (QED) is 0.801. The maximum atomic E-state index is 5.87. The summed E-state index contributed by atoms with van der Waals surface area (Å²) < 4.78 is 8.51. The van der Waals surface area contributed by atoms with Crippen molar-refractivity contribution in [1.82, 2.24) is 9.78 Å². The van der Waals surface area contributed by atoms with Crippen LogP contribution in [0.15, 0.2) is 24.5 Å². The van der Waals surface area contributed by atoms with Gasteiger partial charge in [0.15, 0.2) is 10.8 Å². The summed E-state index contributed by atoms with van der Waals surface area (Å²) in [6, 6.07) is 4.26. The number of rotatable bonds is 3. The smallest absolute Gasteiger partial charge is 0.182 e. The van der Waals surface area contributed by atoms with Crippen molar-refractivity contribution in [1.29, 1.82) is 0 Å². The van der Waals surface area contributed by atoms with E-state index < -0.39 is 0 Å². The predicted octanol–water partition coefficient (Wildman–Crippen LogP) is 4.90. The van der Waals surface area contributed by atoms with Gasteiger partial charge in [-0.2, -0.15) is 5.10 Å². The summed E-state index contributed by atoms with van der Waals surface area (Å²) in [5.74, 6) is 0.791. The van der Waals surface area contributed by atoms with Crippen LogP contribution in [0.5, 0.6) is 10.8 Å². The summed E-state index contributed by atoms with van der Waals surface area (Å²) in [5, 5.41) is 5.21. The first-order valence-corrected chi connectivity index (χ1v) is 7.48. The van der Waals surface area contributed by atoms with E-state index in [0.717, 1.165) is 15.1 Å². The molecule has 1 aliphatic rings. The summed E-state index contributed by atoms with van der Waals surface area (Å²) in [5.41, 5.74) is 0. The van der Waals surface area contributed by atoms with Crippen LogP contribution < -0.4 is 4.74 Å². The normalized spacial score (nSPS) is 16.9. The van der Waals surface area contributed by atoms with Crippen molar-refractivity contribution in [2.45, 2.75) is 38.1 Å². The fourth-order valence-electron chi connectivity index (χ4n) is 2.39. The summed E-state index contributed by atoms with van der Waals surface area (Å²) in [6.07, 6.45) is 10.2. The molecule has 1 fully saturated rings. The second-order valence-corrected chi connectivity index (χ2v) is 6.29. The van der Waals surface area contributed by atoms with Crippen molar-refractivity contribution in [3.8, 4) is 10.8 Å². The highest BCUT2D eigenvalue weighted by Gasteiger charge is 2.16. The molecule has 0 aliphatic heterocycles. The van der Waals surface area contributed by atoms with Gasteiger partial charge in [-0.15, -0.1) is 0 Å². The molecule has 0 unspecified atom stereocenters. The van der Waals surface area contributed by atoms with E-state index >= 15 is 0 Å². The molecule has 5 heteroatoms. The summed E-state index contributed by atoms with van der Waals surface area (Å²) in [7, 11) is 0. The van der Waals surface area contributed by atoms with E-state index in [1.54, 1.807) is 6.20 Å². The molecule has 96 valence electrons. The third-order valence-electron chi connectivity index (χ3n) is 3.29. The van der Waals surface area contributed by atoms with Gasteiger partial charge in [-0.25, -0.2) is 0 Å². The summed E-state index contributed by atoms with van der Waals surface area (Å²) >= 11 is 7.30. The molecule has 1 saturated carbocycles. The molecular formula is C13H15ClN2OS. The van der Waals surface area contributed by atoms with Gasteiger partial charge in [-0.3, -0.25) is 4.68 Å². The molecule has 18 heavy (non-hydrogen) atoms. The van der Waals surface area contributed by atoms with Crippen LogP contribution in [0.2, 0.25) is 4.34 Å². The third kappa shape index (κ3) is 2.70. The molecular weight excluding hydrogens is 268 g/mol. The van der Waals surface area contributed by atoms with Crippen LogP contribution in [0.3, 0.4) is 0 Å². The van der Waals surface area contributed by atoms with Crippen molar-refractivity contribution in [3.63, 3.8) is 0 Å². The summed E-state index contributed by atoms with van der Waals surface area (Å²) in [4.78, 5) is 0. The first-order chi connectivity index (χ1) is 8.81. The molecule has 1 aliphatic carbocycles. The molecule has 2 aromatic heterocycles. The van der Waals surface area contributed by atoms with Gasteiger partial charge in [-0.1, -0.05) is 42.2 Å². The second-order valence-electron chi connectivity index (χ2n) is 4.61. The van der Waals surface area contributed by atoms with Gasteiger partial charge in [0.1, 0.15) is 0 Å². The topological polar surface area (TPSA) is 27.1 Å². The molecule has 3 nitrogen and oxygen atoms in total. The molecule has 0 amide bonds. The van der Waals surface area contributed by atoms with E-state index in [9.17, 15) is 0 Å². The van der Waals surface area contributed by atoms with Gasteiger partial charge in [0.05, 0.1) is 22.8 Å². The molecule has 0 radical (unpaired) electrons. The Kier molecular flexibility index (Phi) is 3.57. The highest BCUT2D eigenvalue weighted by atomic mass is 35.5. The van der Waals surface area contributed by atoms with E-state index in [0.29, 0.717) is 6.04 Å². The van der Waals surface area contributed by atoms with Crippen LogP contribution in [-0.2, 0) is 0 Å². The Balaban J connectivity index is 1.69. The predicted molar refractivity (Wildman–Crippen MR) is 73.8 cm³/mol. The van der Waals surface area contributed by atoms with Crippen LogP contribution in [0.1, 0.15) is 38.1 Å². The number of nitrogens with zero attached hydrogens (tertiary/aromatic N) is 2. The number of halogens is 1. The molecule has 0 N–H and O–H groups in total. The Morgan fingerprint density at radius 1 is 1.28 bits per heavy atom. The van der Waals surface area contributed by atoms with Crippen LogP contribution in [0, 0.1) is 0 Å². The van der Waals surface area contributed by atoms with Crippen LogP contribution in [0.25, 0.3) is 0 Å². The first kappa shape index (κ1) is 12.1. The fraction of sp³-hybridized carbons (Fsp3) is 0.462. The largest absolute Gasteiger partial charge is 0.443 e. The molecule has 3 rings (SSSR count). The lowest BCUT2D eigenvalue weighted by molar-refractivity contribution is 0.328. The lowest BCUT2D eigenvalue weighted by Crippen LogP contribution is -2.12. The minimum Gasteiger partial charge on any atom is -0.443 e. The molecule has 0 aromatic carbocycles. The van der Waals surface area contributed by atoms with Crippen LogP contribution in [-0.4, -0.2) is 9.78 Å². The molecule has 0 spiro atoms. The number of hydrogen-bond donors (Lipinski definition) is 0. The number of aromatic nitrogens is 2. The molecule has 0 saturated heterocycles. The van der Waals surface area contributed by atoms with E-state index in [-0.39, 0.29) is 0 Å². The second kappa shape index (κ2) is 5.33. The molecule has 2 aromatic rings. The first-order valence-electron chi connectivity index (χ1n) is 6.28. The van der Waals surface area contributed by atoms with Gasteiger partial charge in [0.25, 0.3) is 0 Å². The number of ether oxygens (including phenoxy) is 1. The van der Waals surface area contributed by atoms with Gasteiger partial charge in [-0.05, 0) is 25.0 Å². The molecule has 0 bridgehead atoms. The van der Waals surface area contributed by atoms with Crippen molar-refractivity contribution in [3.05, 3.63) is 28.9 Å². The number of thiophene rings is 1. The van der Waals surface area contributed by atoms with E-state index in [1.165, 1.54) is 43.4 Å². The zero-order valence-electron chi connectivity index (χ0n) is 10.0. The highest BCUT2D eigenvalue weighted by molar-refractivity contribution is 7.17. The van der Waals surface area contributed by atoms with Crippen molar-refractivity contribution >= 4 is 22.9 Å². The lowest BCUT2D eigenvalue weighted by atomic mass is 9.96. The minimum absolute atomic E-state index is 0.544. The number of hydrogen-bond acceptors (Lipinski definition) is 3. The van der Waals surface area contributed by atoms with Gasteiger partial charge < -0.3 is 4.74 Å². The third-order valence-corrected chi connectivity index (χ3v) is 4.40. The monoisotopic (exact) mass is 282 g/mol. The Hall–Kier alpha value is -1.00. The molecule has 2 heterocycles. The van der Waals surface area contributed by atoms with E-state index in [1.807, 2.05) is 23.0 Å². The fourth-order valence-corrected chi connectivity index (χ4v) is 3.28. The Morgan fingerprint density at radius 3 is 2.83 bits per heavy atom. The zero-order chi connectivity index (χ0) is 12.4.